The summed E-state index contributed by atoms with van der Waals surface area (Å²) in [5.74, 6) is 0.159. The smallest absolute Gasteiger partial charge is 0.262 e. The molecule has 0 radical (unpaired) electrons. The predicted octanol–water partition coefficient (Wildman–Crippen LogP) is 19.2. The quantitative estimate of drug-likeness (QED) is 0.0276. The molecule has 0 bridgehead atoms. The van der Waals surface area contributed by atoms with Crippen LogP contribution in [-0.2, 0) is 20.9 Å². The molecule has 9 rings (SSSR count). The van der Waals surface area contributed by atoms with E-state index in [1.165, 1.54) is 53.8 Å². The standard InChI is InChI=1S/C67H74N4O3S5/c1-5-9-13-17-27-47(23-11-7-3)44-70-63(59-39-37-57(78-59)55-34-33-52(76-55)49-29-21-16-22-30-49)61-62(67(70)74)64(71(66(61)73)45-48(24-12-8-4)28-18-14-10-6-2)60-40-38-58(79-60)56-36-35-54(77-56)53-32-31-51(75-53)41-50(42-68)65(72)69-43-46-25-19-15-20-26-46/h15-16,19-22,25-26,29-41,47-48H,5-14,17-18,23-24,27-28,43-45H2,1-4H3,(H,69,72)/b50-41+. The van der Waals surface area contributed by atoms with E-state index in [1.807, 2.05) is 46.2 Å². The zero-order valence-corrected chi connectivity index (χ0v) is 50.4. The lowest BCUT2D eigenvalue weighted by Crippen LogP contribution is -2.34. The van der Waals surface area contributed by atoms with Crippen molar-refractivity contribution in [3.8, 4) is 45.8 Å². The van der Waals surface area contributed by atoms with Crippen LogP contribution in [0.3, 0.4) is 0 Å². The van der Waals surface area contributed by atoms with E-state index in [9.17, 15) is 10.1 Å². The molecule has 79 heavy (non-hydrogen) atoms. The Kier molecular flexibility index (Phi) is 20.8. The zero-order chi connectivity index (χ0) is 55.1. The lowest BCUT2D eigenvalue weighted by Gasteiger charge is -2.29. The van der Waals surface area contributed by atoms with Gasteiger partial charge in [0.15, 0.2) is 0 Å². The first-order valence-corrected chi connectivity index (χ1v) is 32.9. The molecule has 2 aromatic carbocycles. The molecule has 2 aliphatic heterocycles. The SMILES string of the molecule is CCCCCCC(CCCC)CN1C(=O)C2=C(c3ccc(-c4ccc(-c5ccc(/C=C(\C#N)C(=O)NCc6ccccc6)s5)s4)s3)N(CC(CCCC)CCCCCC)C(=O)C2=C1c1ccc(-c2ccc(-c3ccccc3)s2)s1. The van der Waals surface area contributed by atoms with E-state index in [1.54, 1.807) is 62.8 Å². The van der Waals surface area contributed by atoms with Crippen LogP contribution in [0.5, 0.6) is 0 Å². The average molecular weight is 1140 g/mol. The van der Waals surface area contributed by atoms with Gasteiger partial charge >= 0.3 is 0 Å². The Labute approximate surface area is 489 Å². The lowest BCUT2D eigenvalue weighted by molar-refractivity contribution is -0.124. The van der Waals surface area contributed by atoms with Crippen LogP contribution >= 0.6 is 56.7 Å². The molecular formula is C67H74N4O3S5. The minimum absolute atomic E-state index is 0.0412. The topological polar surface area (TPSA) is 93.5 Å². The molecule has 12 heteroatoms. The van der Waals surface area contributed by atoms with Crippen molar-refractivity contribution in [3.05, 3.63) is 158 Å². The Balaban J connectivity index is 1.08. The van der Waals surface area contributed by atoms with Crippen molar-refractivity contribution in [1.82, 2.24) is 15.1 Å². The molecule has 7 nitrogen and oxygen atoms in total. The van der Waals surface area contributed by atoms with Gasteiger partial charge in [-0.25, -0.2) is 0 Å². The number of hydrogen-bond donors (Lipinski definition) is 1. The van der Waals surface area contributed by atoms with Gasteiger partial charge in [-0.05, 0) is 115 Å². The fraction of sp³-hybridized carbons (Fsp3) is 0.373. The summed E-state index contributed by atoms with van der Waals surface area (Å²) in [6, 6.07) is 43.7. The molecule has 0 saturated carbocycles. The van der Waals surface area contributed by atoms with Crippen LogP contribution in [0.4, 0.5) is 0 Å². The van der Waals surface area contributed by atoms with Gasteiger partial charge in [0.1, 0.15) is 11.6 Å². The number of amides is 3. The lowest BCUT2D eigenvalue weighted by atomic mass is 9.94. The predicted molar refractivity (Wildman–Crippen MR) is 337 cm³/mol. The third-order valence-electron chi connectivity index (χ3n) is 15.2. The molecule has 0 fully saturated rings. The molecule has 7 aromatic rings. The second-order valence-corrected chi connectivity index (χ2v) is 26.5. The van der Waals surface area contributed by atoms with Crippen molar-refractivity contribution in [2.24, 2.45) is 11.8 Å². The summed E-state index contributed by atoms with van der Waals surface area (Å²) in [6.07, 6.45) is 19.7. The number of thiophene rings is 5. The molecule has 2 atom stereocenters. The van der Waals surface area contributed by atoms with Gasteiger partial charge in [-0.1, -0.05) is 165 Å². The van der Waals surface area contributed by atoms with E-state index in [0.29, 0.717) is 42.6 Å². The van der Waals surface area contributed by atoms with Gasteiger partial charge in [-0.3, -0.25) is 14.4 Å². The van der Waals surface area contributed by atoms with Gasteiger partial charge in [0, 0.05) is 58.7 Å². The summed E-state index contributed by atoms with van der Waals surface area (Å²) in [5, 5.41) is 12.8. The normalized spacial score (nSPS) is 14.4. The molecule has 7 heterocycles. The maximum Gasteiger partial charge on any atom is 0.262 e. The van der Waals surface area contributed by atoms with E-state index in [0.717, 1.165) is 120 Å². The van der Waals surface area contributed by atoms with Gasteiger partial charge in [-0.15, -0.1) is 56.7 Å². The summed E-state index contributed by atoms with van der Waals surface area (Å²) in [7, 11) is 0. The highest BCUT2D eigenvalue weighted by Crippen LogP contribution is 2.52. The summed E-state index contributed by atoms with van der Waals surface area (Å²) >= 11 is 8.39. The van der Waals surface area contributed by atoms with Gasteiger partial charge in [-0.2, -0.15) is 5.26 Å². The first-order chi connectivity index (χ1) is 38.7. The zero-order valence-electron chi connectivity index (χ0n) is 46.3. The highest BCUT2D eigenvalue weighted by Gasteiger charge is 2.50. The number of fused-ring (bicyclic) bond motifs is 1. The third kappa shape index (κ3) is 14.2. The Bertz CT molecular complexity index is 3300. The second-order valence-electron chi connectivity index (χ2n) is 21.1. The molecule has 2 unspecified atom stereocenters. The van der Waals surface area contributed by atoms with Crippen LogP contribution in [0.15, 0.2) is 138 Å². The number of carbonyl (C=O) groups excluding carboxylic acids is 3. The first-order valence-electron chi connectivity index (χ1n) is 28.8. The molecule has 1 N–H and O–H groups in total. The molecule has 0 aliphatic carbocycles. The summed E-state index contributed by atoms with van der Waals surface area (Å²) < 4.78 is 0. The average Bonchev–Trinajstić information content (AvgIpc) is 4.52. The Morgan fingerprint density at radius 1 is 0.494 bits per heavy atom. The van der Waals surface area contributed by atoms with Crippen LogP contribution in [0.1, 0.15) is 151 Å². The van der Waals surface area contributed by atoms with Gasteiger partial charge < -0.3 is 15.1 Å². The van der Waals surface area contributed by atoms with E-state index in [-0.39, 0.29) is 17.4 Å². The highest BCUT2D eigenvalue weighted by atomic mass is 32.1. The van der Waals surface area contributed by atoms with Crippen LogP contribution in [0.2, 0.25) is 0 Å². The third-order valence-corrected chi connectivity index (χ3v) is 21.2. The maximum atomic E-state index is 15.8. The summed E-state index contributed by atoms with van der Waals surface area (Å²) in [4.78, 5) is 59.4. The number of nitrogens with one attached hydrogen (secondary N) is 1. The van der Waals surface area contributed by atoms with Crippen LogP contribution < -0.4 is 5.32 Å². The molecule has 2 aliphatic rings. The monoisotopic (exact) mass is 1140 g/mol. The second kappa shape index (κ2) is 28.5. The van der Waals surface area contributed by atoms with E-state index >= 15 is 9.59 Å². The number of rotatable bonds is 30. The van der Waals surface area contributed by atoms with Crippen LogP contribution in [0, 0.1) is 23.2 Å². The van der Waals surface area contributed by atoms with E-state index in [2.05, 4.69) is 124 Å². The van der Waals surface area contributed by atoms with Crippen molar-refractivity contribution in [1.29, 1.82) is 5.26 Å². The van der Waals surface area contributed by atoms with E-state index in [4.69, 9.17) is 0 Å². The van der Waals surface area contributed by atoms with Crippen molar-refractivity contribution in [2.75, 3.05) is 13.1 Å². The molecule has 410 valence electrons. The highest BCUT2D eigenvalue weighted by molar-refractivity contribution is 7.27. The van der Waals surface area contributed by atoms with Crippen molar-refractivity contribution in [3.63, 3.8) is 0 Å². The number of hydrogen-bond acceptors (Lipinski definition) is 9. The maximum absolute atomic E-state index is 15.8. The number of benzene rings is 2. The molecule has 0 saturated heterocycles. The van der Waals surface area contributed by atoms with Crippen LogP contribution in [-0.4, -0.2) is 40.6 Å². The van der Waals surface area contributed by atoms with Gasteiger partial charge in [0.25, 0.3) is 17.7 Å². The van der Waals surface area contributed by atoms with Gasteiger partial charge in [0.2, 0.25) is 0 Å². The summed E-state index contributed by atoms with van der Waals surface area (Å²) in [5.41, 5.74) is 4.95. The minimum atomic E-state index is -0.400. The summed E-state index contributed by atoms with van der Waals surface area (Å²) in [6.45, 7) is 10.5. The molecule has 3 amide bonds. The van der Waals surface area contributed by atoms with Crippen molar-refractivity contribution < 1.29 is 14.4 Å². The Hall–Kier alpha value is -5.94. The van der Waals surface area contributed by atoms with Crippen molar-refractivity contribution in [2.45, 2.75) is 137 Å². The van der Waals surface area contributed by atoms with Crippen molar-refractivity contribution >= 4 is 91.9 Å². The fourth-order valence-corrected chi connectivity index (χ4v) is 16.3. The number of carbonyl (C=O) groups is 3. The minimum Gasteiger partial charge on any atom is -0.347 e. The molecule has 0 spiro atoms. The largest absolute Gasteiger partial charge is 0.347 e. The van der Waals surface area contributed by atoms with Gasteiger partial charge in [0.05, 0.1) is 32.3 Å². The Morgan fingerprint density at radius 2 is 0.899 bits per heavy atom. The number of unbranched alkanes of at least 4 members (excludes halogenated alkanes) is 8. The van der Waals surface area contributed by atoms with E-state index < -0.39 is 5.91 Å². The molecule has 5 aromatic heterocycles. The van der Waals surface area contributed by atoms with Crippen LogP contribution in [0.25, 0.3) is 57.2 Å². The molecular weight excluding hydrogens is 1070 g/mol. The Morgan fingerprint density at radius 3 is 1.38 bits per heavy atom. The number of nitrogens with zero attached hydrogens (tertiary/aromatic N) is 3. The first kappa shape index (κ1) is 57.7. The fourth-order valence-electron chi connectivity index (χ4n) is 10.9. The number of nitriles is 1.